The molecule has 51 heavy (non-hydrogen) atoms. The van der Waals surface area contributed by atoms with Gasteiger partial charge in [-0.2, -0.15) is 11.3 Å². The van der Waals surface area contributed by atoms with Crippen LogP contribution in [0.3, 0.4) is 0 Å². The summed E-state index contributed by atoms with van der Waals surface area (Å²) >= 11 is 1.78. The van der Waals surface area contributed by atoms with Crippen LogP contribution in [0, 0.1) is 29.9 Å². The molecule has 0 amide bonds. The van der Waals surface area contributed by atoms with Crippen LogP contribution in [0.25, 0.3) is 53.8 Å². The van der Waals surface area contributed by atoms with Gasteiger partial charge in [0.15, 0.2) is 0 Å². The summed E-state index contributed by atoms with van der Waals surface area (Å²) in [7, 11) is -1.23. The van der Waals surface area contributed by atoms with E-state index in [2.05, 4.69) is 97.4 Å². The zero-order valence-electron chi connectivity index (χ0n) is 31.5. The molecule has 0 aliphatic heterocycles. The Bertz CT molecular complexity index is 2310. The Morgan fingerprint density at radius 2 is 1.59 bits per heavy atom. The number of hydrogen-bond acceptors (Lipinski definition) is 3. The van der Waals surface area contributed by atoms with Crippen LogP contribution in [0.2, 0.25) is 19.6 Å². The van der Waals surface area contributed by atoms with E-state index < -0.39 is 14.4 Å². The van der Waals surface area contributed by atoms with E-state index in [0.29, 0.717) is 11.8 Å². The number of aromatic nitrogens is 2. The molecule has 0 saturated heterocycles. The fraction of sp³-hybridized carbons (Fsp3) is 0.261. The minimum absolute atomic E-state index is 0. The van der Waals surface area contributed by atoms with Gasteiger partial charge in [-0.05, 0) is 93.3 Å². The van der Waals surface area contributed by atoms with Crippen LogP contribution < -0.4 is 5.19 Å². The van der Waals surface area contributed by atoms with Crippen LogP contribution >= 0.6 is 11.3 Å². The summed E-state index contributed by atoms with van der Waals surface area (Å²) in [6.45, 7) is 7.00. The number of fused-ring (bicyclic) bond motifs is 6. The fourth-order valence-corrected chi connectivity index (χ4v) is 10.00. The van der Waals surface area contributed by atoms with E-state index in [1.54, 1.807) is 17.5 Å². The molecule has 10 rings (SSSR count). The van der Waals surface area contributed by atoms with Crippen LogP contribution in [0.1, 0.15) is 40.4 Å². The SMILES string of the molecule is C[Si](C)(C)c1ccc(-c2[c-]cccc2)nc1.[2H]C([2H])(c1ccnc(-c2[c-]ccc3c2sc2cc(-c4ccccc4)ccc23)c1)C1CC2CCC1CC2.[Ir]. The van der Waals surface area contributed by atoms with Crippen molar-refractivity contribution in [1.82, 2.24) is 9.97 Å². The third-order valence-electron chi connectivity index (χ3n) is 10.6. The molecule has 2 bridgehead atoms. The maximum absolute atomic E-state index is 9.16. The van der Waals surface area contributed by atoms with Crippen molar-refractivity contribution in [2.75, 3.05) is 0 Å². The third-order valence-corrected chi connectivity index (χ3v) is 13.8. The van der Waals surface area contributed by atoms with Gasteiger partial charge >= 0.3 is 0 Å². The van der Waals surface area contributed by atoms with Gasteiger partial charge in [-0.3, -0.25) is 0 Å². The average Bonchev–Trinajstić information content (AvgIpc) is 3.57. The largest absolute Gasteiger partial charge is 0.305 e. The van der Waals surface area contributed by atoms with E-state index >= 15 is 0 Å². The summed E-state index contributed by atoms with van der Waals surface area (Å²) in [5.74, 6) is 1.33. The molecule has 3 heterocycles. The van der Waals surface area contributed by atoms with Gasteiger partial charge in [0.05, 0.1) is 8.07 Å². The molecule has 5 heteroatoms. The van der Waals surface area contributed by atoms with Crippen molar-refractivity contribution in [1.29, 1.82) is 0 Å². The second kappa shape index (κ2) is 15.5. The Labute approximate surface area is 324 Å². The first-order valence-corrected chi connectivity index (χ1v) is 22.3. The van der Waals surface area contributed by atoms with Gasteiger partial charge in [0, 0.05) is 39.9 Å². The minimum atomic E-state index is -1.33. The number of nitrogens with zero attached hydrogens (tertiary/aromatic N) is 2. The third kappa shape index (κ3) is 7.88. The van der Waals surface area contributed by atoms with Crippen LogP contribution in [0.5, 0.6) is 0 Å². The maximum Gasteiger partial charge on any atom is 0.0795 e. The van der Waals surface area contributed by atoms with Gasteiger partial charge < -0.3 is 9.97 Å². The predicted octanol–water partition coefficient (Wildman–Crippen LogP) is 12.0. The Morgan fingerprint density at radius 3 is 2.29 bits per heavy atom. The van der Waals surface area contributed by atoms with Gasteiger partial charge in [0.2, 0.25) is 0 Å². The molecule has 3 fully saturated rings. The summed E-state index contributed by atoms with van der Waals surface area (Å²) in [6.07, 6.45) is 8.44. The number of pyridine rings is 2. The van der Waals surface area contributed by atoms with Crippen molar-refractivity contribution in [2.24, 2.45) is 17.8 Å². The molecule has 259 valence electrons. The van der Waals surface area contributed by atoms with Gasteiger partial charge in [-0.15, -0.1) is 59.7 Å². The molecule has 4 aromatic carbocycles. The zero-order chi connectivity index (χ0) is 35.9. The Balaban J connectivity index is 0.000000216. The monoisotopic (exact) mass is 879 g/mol. The predicted molar refractivity (Wildman–Crippen MR) is 216 cm³/mol. The molecule has 3 aliphatic carbocycles. The van der Waals surface area contributed by atoms with Crippen LogP contribution in [-0.4, -0.2) is 18.0 Å². The Hall–Kier alpha value is -3.73. The first-order chi connectivity index (χ1) is 25.1. The van der Waals surface area contributed by atoms with Crippen molar-refractivity contribution in [2.45, 2.75) is 58.1 Å². The summed E-state index contributed by atoms with van der Waals surface area (Å²) in [6, 6.07) is 44.1. The number of benzene rings is 4. The van der Waals surface area contributed by atoms with E-state index in [-0.39, 0.29) is 26.0 Å². The summed E-state index contributed by atoms with van der Waals surface area (Å²) in [5, 5.41) is 3.85. The van der Waals surface area contributed by atoms with Crippen molar-refractivity contribution in [3.63, 3.8) is 0 Å². The van der Waals surface area contributed by atoms with Crippen LogP contribution in [0.4, 0.5) is 0 Å². The van der Waals surface area contributed by atoms with Crippen molar-refractivity contribution >= 4 is 44.8 Å². The van der Waals surface area contributed by atoms with E-state index in [1.165, 1.54) is 62.2 Å². The minimum Gasteiger partial charge on any atom is -0.305 e. The molecule has 3 aromatic heterocycles. The quantitative estimate of drug-likeness (QED) is 0.123. The van der Waals surface area contributed by atoms with Crippen molar-refractivity contribution in [3.05, 3.63) is 139 Å². The second-order valence-electron chi connectivity index (χ2n) is 14.9. The number of rotatable bonds is 6. The summed E-state index contributed by atoms with van der Waals surface area (Å²) in [4.78, 5) is 9.23. The van der Waals surface area contributed by atoms with E-state index in [1.807, 2.05) is 54.7 Å². The molecule has 1 radical (unpaired) electrons. The number of hydrogen-bond donors (Lipinski definition) is 0. The fourth-order valence-electron chi connectivity index (χ4n) is 7.72. The Morgan fingerprint density at radius 1 is 0.765 bits per heavy atom. The van der Waals surface area contributed by atoms with Crippen LogP contribution in [-0.2, 0) is 26.5 Å². The molecule has 2 nitrogen and oxygen atoms in total. The molecule has 1 unspecified atom stereocenters. The summed E-state index contributed by atoms with van der Waals surface area (Å²) < 4.78 is 20.7. The molecule has 7 aromatic rings. The average molecular weight is 879 g/mol. The number of thiophene rings is 1. The van der Waals surface area contributed by atoms with Gasteiger partial charge in [0.25, 0.3) is 0 Å². The Kier molecular flexibility index (Phi) is 10.1. The van der Waals surface area contributed by atoms with Gasteiger partial charge in [0.1, 0.15) is 0 Å². The second-order valence-corrected chi connectivity index (χ2v) is 21.1. The van der Waals surface area contributed by atoms with Crippen molar-refractivity contribution < 1.29 is 22.8 Å². The molecular formula is C46H44IrN2SSi-2. The molecule has 3 saturated carbocycles. The zero-order valence-corrected chi connectivity index (χ0v) is 33.7. The van der Waals surface area contributed by atoms with Crippen molar-refractivity contribution in [3.8, 4) is 33.6 Å². The molecule has 0 spiro atoms. The smallest absolute Gasteiger partial charge is 0.0795 e. The van der Waals surface area contributed by atoms with E-state index in [9.17, 15) is 0 Å². The normalized spacial score (nSPS) is 19.1. The standard InChI is InChI=1S/C32H28NS.C14H16NSi.Ir/c1-2-5-23(6-3-1)25-13-14-27-28-7-4-8-29(32(28)34-31(27)20-25)30-19-22(15-16-33-30)18-26-17-21-9-11-24(26)12-10-21;1-16(2,3)13-9-10-14(15-11-13)12-7-5-4-6-8-12;/h1-7,13-16,19-21,24,26H,9-12,17-18H2;4-7,9-11H,1-3H3;/q2*-1;/i18D2;;. The first-order valence-electron chi connectivity index (χ1n) is 19.0. The van der Waals surface area contributed by atoms with E-state index in [4.69, 9.17) is 7.73 Å². The summed E-state index contributed by atoms with van der Waals surface area (Å²) in [5.41, 5.74) is 7.05. The molecule has 0 N–H and O–H groups in total. The first kappa shape index (κ1) is 33.1. The van der Waals surface area contributed by atoms with Gasteiger partial charge in [-0.1, -0.05) is 104 Å². The van der Waals surface area contributed by atoms with Crippen LogP contribution in [0.15, 0.2) is 122 Å². The maximum atomic E-state index is 9.16. The van der Waals surface area contributed by atoms with E-state index in [0.717, 1.165) is 34.5 Å². The molecule has 3 aliphatic rings. The van der Waals surface area contributed by atoms with Gasteiger partial charge in [-0.25, -0.2) is 0 Å². The molecule has 1 atom stereocenters. The molecular weight excluding hydrogens is 833 g/mol. The topological polar surface area (TPSA) is 25.8 Å².